The zero-order valence-corrected chi connectivity index (χ0v) is 17.0. The van der Waals surface area contributed by atoms with Crippen LogP contribution in [0.15, 0.2) is 53.7 Å². The minimum Gasteiger partial charge on any atom is -0.325 e. The third-order valence-electron chi connectivity index (χ3n) is 3.38. The summed E-state index contributed by atoms with van der Waals surface area (Å²) in [6, 6.07) is 15.1. The Balaban J connectivity index is 1.64. The van der Waals surface area contributed by atoms with Gasteiger partial charge in [0.15, 0.2) is 11.0 Å². The second-order valence-corrected chi connectivity index (χ2v) is 7.84. The Morgan fingerprint density at radius 1 is 1.24 bits per heavy atom. The van der Waals surface area contributed by atoms with Crippen LogP contribution in [-0.4, -0.2) is 26.4 Å². The van der Waals surface area contributed by atoms with E-state index in [1.54, 1.807) is 0 Å². The SMILES string of the molecule is Cn1c(SCC(=O)Nc2cccc(I)c2)nnc1-c1ccc(Cl)cc1. The summed E-state index contributed by atoms with van der Waals surface area (Å²) in [5.74, 6) is 0.915. The van der Waals surface area contributed by atoms with Gasteiger partial charge in [-0.2, -0.15) is 0 Å². The molecule has 0 aliphatic rings. The lowest BCUT2D eigenvalue weighted by atomic mass is 10.2. The van der Waals surface area contributed by atoms with Crippen LogP contribution in [0.25, 0.3) is 11.4 Å². The van der Waals surface area contributed by atoms with Crippen LogP contribution in [0.3, 0.4) is 0 Å². The van der Waals surface area contributed by atoms with Crippen molar-refractivity contribution in [3.05, 3.63) is 57.1 Å². The maximum absolute atomic E-state index is 12.1. The lowest BCUT2D eigenvalue weighted by molar-refractivity contribution is -0.113. The summed E-state index contributed by atoms with van der Waals surface area (Å²) in [6.45, 7) is 0. The third-order valence-corrected chi connectivity index (χ3v) is 5.32. The molecule has 0 bridgehead atoms. The molecular weight excluding hydrogens is 471 g/mol. The van der Waals surface area contributed by atoms with Crippen LogP contribution >= 0.6 is 46.0 Å². The van der Waals surface area contributed by atoms with Gasteiger partial charge in [0, 0.05) is 26.9 Å². The molecule has 1 heterocycles. The van der Waals surface area contributed by atoms with Crippen LogP contribution in [0.5, 0.6) is 0 Å². The largest absolute Gasteiger partial charge is 0.325 e. The number of anilines is 1. The number of nitrogens with one attached hydrogen (secondary N) is 1. The summed E-state index contributed by atoms with van der Waals surface area (Å²) in [5, 5.41) is 12.6. The van der Waals surface area contributed by atoms with Crippen molar-refractivity contribution in [2.75, 3.05) is 11.1 Å². The molecule has 8 heteroatoms. The smallest absolute Gasteiger partial charge is 0.234 e. The van der Waals surface area contributed by atoms with Crippen LogP contribution in [0.2, 0.25) is 5.02 Å². The van der Waals surface area contributed by atoms with Crippen LogP contribution in [-0.2, 0) is 11.8 Å². The average molecular weight is 485 g/mol. The molecule has 3 aromatic rings. The number of carbonyl (C=O) groups is 1. The minimum atomic E-state index is -0.0805. The molecular formula is C17H14ClIN4OS. The second kappa shape index (κ2) is 8.20. The summed E-state index contributed by atoms with van der Waals surface area (Å²) in [4.78, 5) is 12.1. The molecule has 0 saturated heterocycles. The molecule has 0 aliphatic heterocycles. The molecule has 2 aromatic carbocycles. The highest BCUT2D eigenvalue weighted by Gasteiger charge is 2.13. The van der Waals surface area contributed by atoms with E-state index in [1.807, 2.05) is 60.1 Å². The van der Waals surface area contributed by atoms with E-state index in [1.165, 1.54) is 11.8 Å². The number of benzene rings is 2. The topological polar surface area (TPSA) is 59.8 Å². The standard InChI is InChI=1S/C17H14ClIN4OS/c1-23-16(11-5-7-12(18)8-6-11)21-22-17(23)25-10-15(24)20-14-4-2-3-13(19)9-14/h2-9H,10H2,1H3,(H,20,24). The highest BCUT2D eigenvalue weighted by molar-refractivity contribution is 14.1. The number of hydrogen-bond donors (Lipinski definition) is 1. The number of halogens is 2. The maximum Gasteiger partial charge on any atom is 0.234 e. The number of rotatable bonds is 5. The van der Waals surface area contributed by atoms with Crippen LogP contribution in [0, 0.1) is 3.57 Å². The summed E-state index contributed by atoms with van der Waals surface area (Å²) >= 11 is 9.47. The molecule has 5 nitrogen and oxygen atoms in total. The quantitative estimate of drug-likeness (QED) is 0.429. The van der Waals surface area contributed by atoms with E-state index in [2.05, 4.69) is 38.1 Å². The van der Waals surface area contributed by atoms with Gasteiger partial charge in [0.2, 0.25) is 5.91 Å². The lowest BCUT2D eigenvalue weighted by Gasteiger charge is -2.06. The van der Waals surface area contributed by atoms with Crippen molar-refractivity contribution < 1.29 is 4.79 Å². The summed E-state index contributed by atoms with van der Waals surface area (Å²) in [6.07, 6.45) is 0. The van der Waals surface area contributed by atoms with Gasteiger partial charge in [0.25, 0.3) is 0 Å². The highest BCUT2D eigenvalue weighted by atomic mass is 127. The fourth-order valence-electron chi connectivity index (χ4n) is 2.18. The van der Waals surface area contributed by atoms with Gasteiger partial charge in [0.1, 0.15) is 0 Å². The predicted octanol–water partition coefficient (Wildman–Crippen LogP) is 4.47. The third kappa shape index (κ3) is 4.74. The van der Waals surface area contributed by atoms with Gasteiger partial charge in [-0.25, -0.2) is 0 Å². The Bertz CT molecular complexity index is 898. The number of thioether (sulfide) groups is 1. The molecule has 0 aliphatic carbocycles. The lowest BCUT2D eigenvalue weighted by Crippen LogP contribution is -2.14. The number of carbonyl (C=O) groups excluding carboxylic acids is 1. The molecule has 3 rings (SSSR count). The molecule has 0 fully saturated rings. The van der Waals surface area contributed by atoms with E-state index in [9.17, 15) is 4.79 Å². The van der Waals surface area contributed by atoms with Crippen LogP contribution in [0.1, 0.15) is 0 Å². The maximum atomic E-state index is 12.1. The summed E-state index contributed by atoms with van der Waals surface area (Å²) in [7, 11) is 1.88. The number of amides is 1. The first-order valence-corrected chi connectivity index (χ1v) is 9.81. The van der Waals surface area contributed by atoms with Gasteiger partial charge in [-0.15, -0.1) is 10.2 Å². The molecule has 0 saturated carbocycles. The molecule has 0 unspecified atom stereocenters. The first kappa shape index (κ1) is 18.2. The number of nitrogens with zero attached hydrogens (tertiary/aromatic N) is 3. The highest BCUT2D eigenvalue weighted by Crippen LogP contribution is 2.24. The van der Waals surface area contributed by atoms with Gasteiger partial charge in [-0.1, -0.05) is 29.4 Å². The molecule has 0 atom stereocenters. The first-order chi connectivity index (χ1) is 12.0. The molecule has 0 spiro atoms. The van der Waals surface area contributed by atoms with Crippen molar-refractivity contribution in [2.24, 2.45) is 7.05 Å². The van der Waals surface area contributed by atoms with Crippen molar-refractivity contribution in [3.63, 3.8) is 0 Å². The Kier molecular flexibility index (Phi) is 5.98. The fourth-order valence-corrected chi connectivity index (χ4v) is 3.56. The zero-order chi connectivity index (χ0) is 17.8. The Hall–Kier alpha value is -1.58. The van der Waals surface area contributed by atoms with E-state index in [0.717, 1.165) is 20.6 Å². The second-order valence-electron chi connectivity index (χ2n) is 5.22. The van der Waals surface area contributed by atoms with Gasteiger partial charge in [0.05, 0.1) is 5.75 Å². The normalized spacial score (nSPS) is 10.7. The van der Waals surface area contributed by atoms with Crippen LogP contribution < -0.4 is 5.32 Å². The van der Waals surface area contributed by atoms with Crippen molar-refractivity contribution in [1.82, 2.24) is 14.8 Å². The van der Waals surface area contributed by atoms with E-state index in [0.29, 0.717) is 10.2 Å². The monoisotopic (exact) mass is 484 g/mol. The summed E-state index contributed by atoms with van der Waals surface area (Å²) in [5.41, 5.74) is 1.71. The number of aromatic nitrogens is 3. The Morgan fingerprint density at radius 3 is 2.72 bits per heavy atom. The molecule has 128 valence electrons. The fraction of sp³-hybridized carbons (Fsp3) is 0.118. The zero-order valence-electron chi connectivity index (χ0n) is 13.2. The van der Waals surface area contributed by atoms with Gasteiger partial charge in [-0.3, -0.25) is 4.79 Å². The Morgan fingerprint density at radius 2 is 2.00 bits per heavy atom. The van der Waals surface area contributed by atoms with Gasteiger partial charge >= 0.3 is 0 Å². The van der Waals surface area contributed by atoms with Crippen molar-refractivity contribution in [1.29, 1.82) is 0 Å². The van der Waals surface area contributed by atoms with E-state index in [-0.39, 0.29) is 11.7 Å². The van der Waals surface area contributed by atoms with Gasteiger partial charge in [-0.05, 0) is 65.1 Å². The molecule has 1 amide bonds. The molecule has 1 aromatic heterocycles. The van der Waals surface area contributed by atoms with Crippen molar-refractivity contribution in [3.8, 4) is 11.4 Å². The van der Waals surface area contributed by atoms with Gasteiger partial charge < -0.3 is 9.88 Å². The Labute approximate surface area is 168 Å². The first-order valence-electron chi connectivity index (χ1n) is 7.36. The summed E-state index contributed by atoms with van der Waals surface area (Å²) < 4.78 is 2.94. The number of hydrogen-bond acceptors (Lipinski definition) is 4. The average Bonchev–Trinajstić information content (AvgIpc) is 2.94. The molecule has 1 N–H and O–H groups in total. The van der Waals surface area contributed by atoms with E-state index in [4.69, 9.17) is 11.6 Å². The predicted molar refractivity (Wildman–Crippen MR) is 110 cm³/mol. The van der Waals surface area contributed by atoms with E-state index < -0.39 is 0 Å². The van der Waals surface area contributed by atoms with Crippen molar-refractivity contribution >= 4 is 57.5 Å². The molecule has 0 radical (unpaired) electrons. The van der Waals surface area contributed by atoms with E-state index >= 15 is 0 Å². The van der Waals surface area contributed by atoms with Crippen molar-refractivity contribution in [2.45, 2.75) is 5.16 Å². The minimum absolute atomic E-state index is 0.0805. The van der Waals surface area contributed by atoms with Crippen LogP contribution in [0.4, 0.5) is 5.69 Å². The molecule has 25 heavy (non-hydrogen) atoms.